The van der Waals surface area contributed by atoms with Gasteiger partial charge in [-0.25, -0.2) is 0 Å². The molecule has 0 saturated carbocycles. The third-order valence-corrected chi connectivity index (χ3v) is 1.97. The van der Waals surface area contributed by atoms with Crippen molar-refractivity contribution in [1.82, 2.24) is 4.57 Å². The van der Waals surface area contributed by atoms with Crippen molar-refractivity contribution >= 4 is 17.8 Å². The van der Waals surface area contributed by atoms with E-state index in [0.29, 0.717) is 0 Å². The van der Waals surface area contributed by atoms with Gasteiger partial charge in [-0.05, 0) is 24.3 Å². The summed E-state index contributed by atoms with van der Waals surface area (Å²) in [4.78, 5) is 22.0. The van der Waals surface area contributed by atoms with Crippen molar-refractivity contribution in [3.8, 4) is 0 Å². The fraction of sp³-hybridized carbons (Fsp3) is 0.273. The molecule has 80 valence electrons. The van der Waals surface area contributed by atoms with Crippen molar-refractivity contribution in [2.45, 2.75) is 6.42 Å². The second-order valence-electron chi connectivity index (χ2n) is 3.10. The van der Waals surface area contributed by atoms with Gasteiger partial charge in [0, 0.05) is 18.9 Å². The summed E-state index contributed by atoms with van der Waals surface area (Å²) < 4.78 is 6.26. The van der Waals surface area contributed by atoms with E-state index in [1.54, 1.807) is 6.08 Å². The maximum atomic E-state index is 11.2. The summed E-state index contributed by atoms with van der Waals surface area (Å²) in [6.07, 6.45) is 4.72. The third kappa shape index (κ3) is 3.42. The highest BCUT2D eigenvalue weighted by molar-refractivity contribution is 6.03. The van der Waals surface area contributed by atoms with Gasteiger partial charge in [0.2, 0.25) is 0 Å². The van der Waals surface area contributed by atoms with Gasteiger partial charge in [0.1, 0.15) is 6.42 Å². The lowest BCUT2D eigenvalue weighted by Gasteiger charge is -1.96. The number of esters is 1. The zero-order chi connectivity index (χ0) is 11.3. The van der Waals surface area contributed by atoms with Crippen LogP contribution >= 0.6 is 0 Å². The Bertz CT molecular complexity index is 390. The number of allylic oxidation sites excluding steroid dienone is 1. The fourth-order valence-electron chi connectivity index (χ4n) is 1.10. The van der Waals surface area contributed by atoms with Crippen molar-refractivity contribution in [3.05, 3.63) is 30.1 Å². The Morgan fingerprint density at radius 1 is 1.53 bits per heavy atom. The number of hydrogen-bond acceptors (Lipinski definition) is 3. The van der Waals surface area contributed by atoms with E-state index in [1.807, 2.05) is 29.9 Å². The Kier molecular flexibility index (Phi) is 3.85. The van der Waals surface area contributed by atoms with Crippen molar-refractivity contribution in [1.29, 1.82) is 0 Å². The molecular formula is C11H13NO3. The van der Waals surface area contributed by atoms with Crippen LogP contribution in [0.5, 0.6) is 0 Å². The van der Waals surface area contributed by atoms with Crippen LogP contribution in [0, 0.1) is 0 Å². The normalized spacial score (nSPS) is 10.5. The molecule has 4 nitrogen and oxygen atoms in total. The number of methoxy groups -OCH3 is 1. The van der Waals surface area contributed by atoms with E-state index in [4.69, 9.17) is 0 Å². The molecule has 0 bridgehead atoms. The first-order chi connectivity index (χ1) is 7.13. The molecule has 0 fully saturated rings. The summed E-state index contributed by atoms with van der Waals surface area (Å²) in [5, 5.41) is 0. The standard InChI is InChI=1S/C11H13NO3/c1-12-7-3-4-9(12)5-6-10(13)8-11(14)15-2/h3-7H,8H2,1-2H3. The van der Waals surface area contributed by atoms with Gasteiger partial charge < -0.3 is 9.30 Å². The minimum absolute atomic E-state index is 0.211. The van der Waals surface area contributed by atoms with E-state index >= 15 is 0 Å². The molecule has 1 aromatic heterocycles. The average molecular weight is 207 g/mol. The Morgan fingerprint density at radius 3 is 2.80 bits per heavy atom. The minimum atomic E-state index is -0.517. The number of rotatable bonds is 4. The molecule has 0 aliphatic heterocycles. The lowest BCUT2D eigenvalue weighted by Crippen LogP contribution is -2.06. The Labute approximate surface area is 88.2 Å². The fourth-order valence-corrected chi connectivity index (χ4v) is 1.10. The second kappa shape index (κ2) is 5.14. The van der Waals surface area contributed by atoms with Gasteiger partial charge in [0.05, 0.1) is 7.11 Å². The summed E-state index contributed by atoms with van der Waals surface area (Å²) in [5.74, 6) is -0.778. The summed E-state index contributed by atoms with van der Waals surface area (Å²) in [5.41, 5.74) is 0.910. The Balaban J connectivity index is 2.55. The smallest absolute Gasteiger partial charge is 0.313 e. The summed E-state index contributed by atoms with van der Waals surface area (Å²) in [7, 11) is 3.14. The van der Waals surface area contributed by atoms with E-state index in [-0.39, 0.29) is 12.2 Å². The first-order valence-corrected chi connectivity index (χ1v) is 4.52. The van der Waals surface area contributed by atoms with Crippen molar-refractivity contribution in [2.75, 3.05) is 7.11 Å². The predicted molar refractivity (Wildman–Crippen MR) is 56.1 cm³/mol. The van der Waals surface area contributed by atoms with Crippen LogP contribution in [0.25, 0.3) is 6.08 Å². The number of carbonyl (C=O) groups is 2. The van der Waals surface area contributed by atoms with E-state index < -0.39 is 5.97 Å². The van der Waals surface area contributed by atoms with E-state index in [1.165, 1.54) is 13.2 Å². The maximum Gasteiger partial charge on any atom is 0.313 e. The quantitative estimate of drug-likeness (QED) is 0.423. The first-order valence-electron chi connectivity index (χ1n) is 4.52. The zero-order valence-corrected chi connectivity index (χ0v) is 8.77. The minimum Gasteiger partial charge on any atom is -0.469 e. The molecule has 0 N–H and O–H groups in total. The number of aromatic nitrogens is 1. The van der Waals surface area contributed by atoms with E-state index in [9.17, 15) is 9.59 Å². The van der Waals surface area contributed by atoms with Crippen LogP contribution in [-0.4, -0.2) is 23.4 Å². The predicted octanol–water partition coefficient (Wildman–Crippen LogP) is 1.17. The molecule has 4 heteroatoms. The molecule has 1 heterocycles. The van der Waals surface area contributed by atoms with Crippen LogP contribution in [0.2, 0.25) is 0 Å². The molecule has 0 aromatic carbocycles. The van der Waals surface area contributed by atoms with Crippen LogP contribution in [-0.2, 0) is 21.4 Å². The molecule has 15 heavy (non-hydrogen) atoms. The number of nitrogens with zero attached hydrogens (tertiary/aromatic N) is 1. The molecule has 0 unspecified atom stereocenters. The SMILES string of the molecule is COC(=O)CC(=O)C=Cc1cccn1C. The highest BCUT2D eigenvalue weighted by Crippen LogP contribution is 2.02. The highest BCUT2D eigenvalue weighted by atomic mass is 16.5. The molecule has 0 saturated heterocycles. The number of aryl methyl sites for hydroxylation is 1. The van der Waals surface area contributed by atoms with E-state index in [0.717, 1.165) is 5.69 Å². The van der Waals surface area contributed by atoms with Gasteiger partial charge in [-0.1, -0.05) is 0 Å². The van der Waals surface area contributed by atoms with Gasteiger partial charge in [0.15, 0.2) is 5.78 Å². The number of carbonyl (C=O) groups excluding carboxylic acids is 2. The monoisotopic (exact) mass is 207 g/mol. The third-order valence-electron chi connectivity index (χ3n) is 1.97. The van der Waals surface area contributed by atoms with Gasteiger partial charge in [-0.3, -0.25) is 9.59 Å². The molecule has 0 atom stereocenters. The second-order valence-corrected chi connectivity index (χ2v) is 3.10. The first kappa shape index (κ1) is 11.2. The highest BCUT2D eigenvalue weighted by Gasteiger charge is 2.05. The Hall–Kier alpha value is -1.84. The molecule has 0 aliphatic rings. The molecule has 1 aromatic rings. The van der Waals surface area contributed by atoms with Crippen molar-refractivity contribution in [3.63, 3.8) is 0 Å². The summed E-state index contributed by atoms with van der Waals surface area (Å²) >= 11 is 0. The van der Waals surface area contributed by atoms with Crippen molar-refractivity contribution < 1.29 is 14.3 Å². The maximum absolute atomic E-state index is 11.2. The number of ether oxygens (including phenoxy) is 1. The van der Waals surface area contributed by atoms with Gasteiger partial charge in [-0.2, -0.15) is 0 Å². The van der Waals surface area contributed by atoms with Crippen LogP contribution in [0.3, 0.4) is 0 Å². The summed E-state index contributed by atoms with van der Waals surface area (Å²) in [6.45, 7) is 0. The van der Waals surface area contributed by atoms with Crippen molar-refractivity contribution in [2.24, 2.45) is 7.05 Å². The molecule has 0 amide bonds. The average Bonchev–Trinajstić information content (AvgIpc) is 2.61. The van der Waals surface area contributed by atoms with Crippen LogP contribution in [0.4, 0.5) is 0 Å². The van der Waals surface area contributed by atoms with Gasteiger partial charge in [0.25, 0.3) is 0 Å². The molecule has 1 rings (SSSR count). The van der Waals surface area contributed by atoms with Crippen LogP contribution in [0.1, 0.15) is 12.1 Å². The lowest BCUT2D eigenvalue weighted by molar-refractivity contribution is -0.142. The van der Waals surface area contributed by atoms with Gasteiger partial charge >= 0.3 is 5.97 Å². The van der Waals surface area contributed by atoms with Crippen LogP contribution < -0.4 is 0 Å². The summed E-state index contributed by atoms with van der Waals surface area (Å²) in [6, 6.07) is 3.76. The molecule has 0 aliphatic carbocycles. The molecule has 0 spiro atoms. The van der Waals surface area contributed by atoms with Gasteiger partial charge in [-0.15, -0.1) is 0 Å². The Morgan fingerprint density at radius 2 is 2.27 bits per heavy atom. The lowest BCUT2D eigenvalue weighted by atomic mass is 10.2. The topological polar surface area (TPSA) is 48.3 Å². The largest absolute Gasteiger partial charge is 0.469 e. The number of hydrogen-bond donors (Lipinski definition) is 0. The van der Waals surface area contributed by atoms with E-state index in [2.05, 4.69) is 4.74 Å². The van der Waals surface area contributed by atoms with Crippen LogP contribution in [0.15, 0.2) is 24.4 Å². The molecule has 0 radical (unpaired) electrons. The number of ketones is 1. The zero-order valence-electron chi connectivity index (χ0n) is 8.77. The molecular weight excluding hydrogens is 194 g/mol.